The predicted octanol–water partition coefficient (Wildman–Crippen LogP) is 3.90. The molecule has 0 aliphatic carbocycles. The van der Waals surface area contributed by atoms with Crippen molar-refractivity contribution in [3.8, 4) is 11.4 Å². The number of pyridine rings is 1. The van der Waals surface area contributed by atoms with Crippen LogP contribution in [0.4, 0.5) is 5.69 Å². The molecule has 4 rings (SSSR count). The third-order valence-corrected chi connectivity index (χ3v) is 6.57. The maximum Gasteiger partial charge on any atom is 0.261 e. The molecule has 0 saturated carbocycles. The molecule has 0 spiro atoms. The molecule has 0 aliphatic heterocycles. The first-order chi connectivity index (χ1) is 16.4. The van der Waals surface area contributed by atoms with Gasteiger partial charge in [0.1, 0.15) is 17.2 Å². The van der Waals surface area contributed by atoms with Crippen LogP contribution in [-0.2, 0) is 4.43 Å². The summed E-state index contributed by atoms with van der Waals surface area (Å²) in [5.41, 5.74) is 6.21. The monoisotopic (exact) mass is 570 g/mol. The lowest BCUT2D eigenvalue weighted by Gasteiger charge is -2.15. The van der Waals surface area contributed by atoms with Gasteiger partial charge < -0.3 is 25.7 Å². The highest BCUT2D eigenvalue weighted by Gasteiger charge is 2.17. The average Bonchev–Trinajstić information content (AvgIpc) is 3.27. The Labute approximate surface area is 211 Å². The molecule has 4 aromatic rings. The van der Waals surface area contributed by atoms with Gasteiger partial charge in [0, 0.05) is 36.8 Å². The number of aliphatic hydroxyl groups is 1. The largest absolute Gasteiger partial charge is 0.387 e. The number of fused-ring (bicyclic) bond motifs is 1. The van der Waals surface area contributed by atoms with E-state index in [0.29, 0.717) is 17.1 Å². The maximum absolute atomic E-state index is 12.8. The maximum atomic E-state index is 12.8. The predicted molar refractivity (Wildman–Crippen MR) is 146 cm³/mol. The van der Waals surface area contributed by atoms with Gasteiger partial charge in [-0.3, -0.25) is 9.79 Å². The third-order valence-electron chi connectivity index (χ3n) is 5.68. The number of nitrogens with one attached hydrogen (secondary N) is 4. The Morgan fingerprint density at radius 2 is 2.09 bits per heavy atom. The summed E-state index contributed by atoms with van der Waals surface area (Å²) in [6.07, 6.45) is 0.865. The summed E-state index contributed by atoms with van der Waals surface area (Å²) in [5, 5.41) is 17.0. The first-order valence-corrected chi connectivity index (χ1v) is 12.4. The minimum atomic E-state index is -0.719. The second-order valence-electron chi connectivity index (χ2n) is 7.97. The van der Waals surface area contributed by atoms with Gasteiger partial charge in [0.15, 0.2) is 0 Å². The Hall–Kier alpha value is -3.18. The number of nitrogens with zero attached hydrogens (tertiary/aromatic N) is 2. The second kappa shape index (κ2) is 10.4. The number of aromatic amines is 2. The van der Waals surface area contributed by atoms with E-state index in [-0.39, 0.29) is 12.1 Å². The number of anilines is 1. The molecule has 34 heavy (non-hydrogen) atoms. The molecule has 8 nitrogen and oxygen atoms in total. The summed E-state index contributed by atoms with van der Waals surface area (Å²) in [6, 6.07) is 13.6. The molecule has 0 bridgehead atoms. The summed E-state index contributed by atoms with van der Waals surface area (Å²) in [5.74, 6) is 1.22. The fraction of sp³-hybridized carbons (Fsp3) is 0.240. The van der Waals surface area contributed by atoms with E-state index in [1.165, 1.54) is 0 Å². The van der Waals surface area contributed by atoms with Gasteiger partial charge >= 0.3 is 0 Å². The van der Waals surface area contributed by atoms with Gasteiger partial charge in [-0.2, -0.15) is 0 Å². The number of benzene rings is 2. The van der Waals surface area contributed by atoms with Crippen LogP contribution in [0.2, 0.25) is 0 Å². The van der Waals surface area contributed by atoms with Crippen molar-refractivity contribution in [3.05, 3.63) is 81.3 Å². The molecule has 0 radical (unpaired) electrons. The highest BCUT2D eigenvalue weighted by Crippen LogP contribution is 2.27. The second-order valence-corrected chi connectivity index (χ2v) is 8.73. The van der Waals surface area contributed by atoms with Gasteiger partial charge in [-0.15, -0.1) is 0 Å². The van der Waals surface area contributed by atoms with E-state index in [4.69, 9.17) is 4.98 Å². The number of hydrogen-bond donors (Lipinski definition) is 5. The Kier molecular flexibility index (Phi) is 7.32. The molecule has 0 saturated heterocycles. The molecule has 176 valence electrons. The smallest absolute Gasteiger partial charge is 0.261 e. The van der Waals surface area contributed by atoms with Crippen LogP contribution >= 0.6 is 22.6 Å². The standard InChI is InChI=1S/C25H27IN6O2/c1-14-9-17(23(27-2)28-3)11-19-22(14)32-24(31-19)21-18(7-8-29-25(21)34)30-13-20(33)16-6-4-5-15(10-16)12-26/h4-11,20,33H,12-13H2,1-3H3,(H,27,28)(H,31,32)(H2,29,30,34). The minimum Gasteiger partial charge on any atom is -0.387 e. The van der Waals surface area contributed by atoms with Crippen molar-refractivity contribution < 1.29 is 5.11 Å². The van der Waals surface area contributed by atoms with E-state index >= 15 is 0 Å². The highest BCUT2D eigenvalue weighted by atomic mass is 127. The molecule has 9 heteroatoms. The van der Waals surface area contributed by atoms with Crippen LogP contribution in [0.15, 0.2) is 58.4 Å². The molecule has 0 aliphatic rings. The zero-order valence-electron chi connectivity index (χ0n) is 19.2. The fourth-order valence-electron chi connectivity index (χ4n) is 4.00. The van der Waals surface area contributed by atoms with Crippen LogP contribution in [-0.4, -0.2) is 46.5 Å². The third kappa shape index (κ3) is 4.85. The molecule has 0 amide bonds. The molecule has 2 aromatic carbocycles. The van der Waals surface area contributed by atoms with Gasteiger partial charge in [0.2, 0.25) is 0 Å². The highest BCUT2D eigenvalue weighted by molar-refractivity contribution is 14.1. The van der Waals surface area contributed by atoms with Crippen molar-refractivity contribution in [1.82, 2.24) is 20.3 Å². The van der Waals surface area contributed by atoms with Crippen LogP contribution in [0.25, 0.3) is 22.4 Å². The van der Waals surface area contributed by atoms with E-state index < -0.39 is 6.10 Å². The van der Waals surface area contributed by atoms with Gasteiger partial charge in [0.05, 0.1) is 22.8 Å². The Morgan fingerprint density at radius 1 is 1.26 bits per heavy atom. The van der Waals surface area contributed by atoms with Gasteiger partial charge in [-0.25, -0.2) is 4.98 Å². The lowest BCUT2D eigenvalue weighted by Crippen LogP contribution is -2.19. The topological polar surface area (TPSA) is 118 Å². The number of aromatic nitrogens is 3. The number of aliphatic imine (C=N–C) groups is 1. The molecule has 0 fully saturated rings. The lowest BCUT2D eigenvalue weighted by molar-refractivity contribution is 0.191. The molecular weight excluding hydrogens is 543 g/mol. The molecule has 1 unspecified atom stereocenters. The fourth-order valence-corrected chi connectivity index (χ4v) is 4.47. The van der Waals surface area contributed by atoms with Crippen LogP contribution < -0.4 is 16.2 Å². The first kappa shape index (κ1) is 24.0. The summed E-state index contributed by atoms with van der Waals surface area (Å²) in [4.78, 5) is 27.8. The normalized spacial score (nSPS) is 12.7. The van der Waals surface area contributed by atoms with Crippen LogP contribution in [0.3, 0.4) is 0 Å². The number of aliphatic hydroxyl groups excluding tert-OH is 1. The summed E-state index contributed by atoms with van der Waals surface area (Å²) < 4.78 is 0.872. The Balaban J connectivity index is 1.67. The number of rotatable bonds is 7. The average molecular weight is 570 g/mol. The van der Waals surface area contributed by atoms with E-state index in [9.17, 15) is 9.90 Å². The number of H-pyrrole nitrogens is 2. The van der Waals surface area contributed by atoms with E-state index in [1.807, 2.05) is 50.4 Å². The van der Waals surface area contributed by atoms with Crippen LogP contribution in [0.1, 0.15) is 28.4 Å². The van der Waals surface area contributed by atoms with Crippen molar-refractivity contribution >= 4 is 45.1 Å². The Bertz CT molecular complexity index is 1410. The summed E-state index contributed by atoms with van der Waals surface area (Å²) >= 11 is 2.30. The van der Waals surface area contributed by atoms with Crippen LogP contribution in [0.5, 0.6) is 0 Å². The van der Waals surface area contributed by atoms with Gasteiger partial charge in [-0.1, -0.05) is 46.9 Å². The SMILES string of the molecule is CN=C(NC)c1cc(C)c2nc(-c3c(NCC(O)c4cccc(CI)c4)cc[nH]c3=O)[nH]c2c1. The number of imidazole rings is 1. The molecule has 5 N–H and O–H groups in total. The minimum absolute atomic E-state index is 0.253. The number of amidine groups is 1. The quantitative estimate of drug-likeness (QED) is 0.100. The number of alkyl halides is 1. The number of aryl methyl sites for hydroxylation is 1. The lowest BCUT2D eigenvalue weighted by atomic mass is 10.1. The zero-order valence-corrected chi connectivity index (χ0v) is 21.4. The van der Waals surface area contributed by atoms with Crippen molar-refractivity contribution in [2.75, 3.05) is 26.0 Å². The van der Waals surface area contributed by atoms with E-state index in [2.05, 4.69) is 48.2 Å². The molecule has 2 aromatic heterocycles. The number of hydrogen-bond acceptors (Lipinski definition) is 5. The van der Waals surface area contributed by atoms with Crippen molar-refractivity contribution in [2.24, 2.45) is 4.99 Å². The zero-order chi connectivity index (χ0) is 24.2. The van der Waals surface area contributed by atoms with E-state index in [0.717, 1.165) is 43.6 Å². The summed E-state index contributed by atoms with van der Waals surface area (Å²) in [6.45, 7) is 2.23. The van der Waals surface area contributed by atoms with E-state index in [1.54, 1.807) is 19.3 Å². The molecule has 1 atom stereocenters. The summed E-state index contributed by atoms with van der Waals surface area (Å²) in [7, 11) is 3.56. The van der Waals surface area contributed by atoms with Gasteiger partial charge in [0.25, 0.3) is 5.56 Å². The van der Waals surface area contributed by atoms with Crippen molar-refractivity contribution in [2.45, 2.75) is 17.5 Å². The number of halogens is 1. The first-order valence-electron chi connectivity index (χ1n) is 10.9. The van der Waals surface area contributed by atoms with Crippen LogP contribution in [0, 0.1) is 6.92 Å². The van der Waals surface area contributed by atoms with Crippen molar-refractivity contribution in [1.29, 1.82) is 0 Å². The van der Waals surface area contributed by atoms with Gasteiger partial charge in [-0.05, 0) is 41.8 Å². The molecular formula is C25H27IN6O2. The Morgan fingerprint density at radius 3 is 2.82 bits per heavy atom. The van der Waals surface area contributed by atoms with Crippen molar-refractivity contribution in [3.63, 3.8) is 0 Å². The molecule has 2 heterocycles.